The minimum atomic E-state index is -0.367. The van der Waals surface area contributed by atoms with Crippen LogP contribution in [-0.4, -0.2) is 12.1 Å². The number of benzene rings is 1. The highest BCUT2D eigenvalue weighted by atomic mass is 35.5. The van der Waals surface area contributed by atoms with Gasteiger partial charge in [-0.05, 0) is 19.1 Å². The SMILES string of the molecule is COC(C)c1nc(CNc2c(F)cccc2Cl)cs1. The first-order chi connectivity index (χ1) is 9.11. The standard InChI is InChI=1S/C13H14ClFN2OS/c1-8(18-2)13-17-9(7-19-13)6-16-12-10(14)4-3-5-11(12)15/h3-5,7-8,16H,6H2,1-2H3. The molecule has 0 amide bonds. The van der Waals surface area contributed by atoms with Gasteiger partial charge >= 0.3 is 0 Å². The summed E-state index contributed by atoms with van der Waals surface area (Å²) in [5, 5.41) is 6.15. The number of hydrogen-bond acceptors (Lipinski definition) is 4. The normalized spacial score (nSPS) is 12.4. The van der Waals surface area contributed by atoms with Crippen molar-refractivity contribution in [3.63, 3.8) is 0 Å². The second-order valence-electron chi connectivity index (χ2n) is 4.01. The number of halogens is 2. The highest BCUT2D eigenvalue weighted by Gasteiger charge is 2.10. The number of rotatable bonds is 5. The summed E-state index contributed by atoms with van der Waals surface area (Å²) in [6.45, 7) is 2.36. The van der Waals surface area contributed by atoms with Crippen LogP contribution in [0.1, 0.15) is 23.7 Å². The molecular weight excluding hydrogens is 287 g/mol. The van der Waals surface area contributed by atoms with Gasteiger partial charge in [-0.25, -0.2) is 9.37 Å². The third-order valence-corrected chi connectivity index (χ3v) is 4.05. The Balaban J connectivity index is 2.05. The van der Waals surface area contributed by atoms with Crippen LogP contribution in [0.15, 0.2) is 23.6 Å². The van der Waals surface area contributed by atoms with E-state index in [1.165, 1.54) is 17.4 Å². The Morgan fingerprint density at radius 1 is 1.53 bits per heavy atom. The monoisotopic (exact) mass is 300 g/mol. The molecule has 2 aromatic rings. The summed E-state index contributed by atoms with van der Waals surface area (Å²) in [6.07, 6.45) is -0.0317. The van der Waals surface area contributed by atoms with Crippen molar-refractivity contribution in [1.29, 1.82) is 0 Å². The van der Waals surface area contributed by atoms with E-state index in [0.29, 0.717) is 17.3 Å². The number of methoxy groups -OCH3 is 1. The van der Waals surface area contributed by atoms with E-state index < -0.39 is 0 Å². The van der Waals surface area contributed by atoms with Gasteiger partial charge in [0.15, 0.2) is 0 Å². The van der Waals surface area contributed by atoms with Gasteiger partial charge in [0, 0.05) is 12.5 Å². The first-order valence-corrected chi connectivity index (χ1v) is 7.02. The van der Waals surface area contributed by atoms with E-state index in [1.807, 2.05) is 12.3 Å². The fourth-order valence-electron chi connectivity index (χ4n) is 1.54. The zero-order valence-corrected chi connectivity index (χ0v) is 12.2. The maximum Gasteiger partial charge on any atom is 0.147 e. The van der Waals surface area contributed by atoms with Crippen molar-refractivity contribution in [2.75, 3.05) is 12.4 Å². The molecule has 0 aliphatic rings. The number of aromatic nitrogens is 1. The number of nitrogens with one attached hydrogen (secondary N) is 1. The molecule has 19 heavy (non-hydrogen) atoms. The fourth-order valence-corrected chi connectivity index (χ4v) is 2.62. The zero-order chi connectivity index (χ0) is 13.8. The molecule has 0 aliphatic carbocycles. The van der Waals surface area contributed by atoms with Crippen molar-refractivity contribution in [3.05, 3.63) is 45.1 Å². The molecule has 0 saturated heterocycles. The lowest BCUT2D eigenvalue weighted by molar-refractivity contribution is 0.119. The summed E-state index contributed by atoms with van der Waals surface area (Å²) in [6, 6.07) is 4.59. The van der Waals surface area contributed by atoms with E-state index in [-0.39, 0.29) is 11.9 Å². The number of para-hydroxylation sites is 1. The van der Waals surface area contributed by atoms with Crippen molar-refractivity contribution >= 4 is 28.6 Å². The molecular formula is C13H14ClFN2OS. The van der Waals surface area contributed by atoms with Crippen LogP contribution in [0.25, 0.3) is 0 Å². The minimum absolute atomic E-state index is 0.0317. The van der Waals surface area contributed by atoms with Crippen LogP contribution in [0.4, 0.5) is 10.1 Å². The third-order valence-electron chi connectivity index (χ3n) is 2.68. The molecule has 0 aliphatic heterocycles. The van der Waals surface area contributed by atoms with Crippen LogP contribution in [0.2, 0.25) is 5.02 Å². The van der Waals surface area contributed by atoms with Gasteiger partial charge < -0.3 is 10.1 Å². The Morgan fingerprint density at radius 2 is 2.32 bits per heavy atom. The number of thiazole rings is 1. The van der Waals surface area contributed by atoms with Gasteiger partial charge in [-0.1, -0.05) is 17.7 Å². The Kier molecular flexibility index (Phi) is 4.74. The summed E-state index contributed by atoms with van der Waals surface area (Å²) in [7, 11) is 1.64. The predicted octanol–water partition coefficient (Wildman–Crippen LogP) is 4.26. The average Bonchev–Trinajstić information content (AvgIpc) is 2.86. The summed E-state index contributed by atoms with van der Waals surface area (Å²) in [5.41, 5.74) is 1.14. The van der Waals surface area contributed by atoms with Gasteiger partial charge in [0.2, 0.25) is 0 Å². The molecule has 1 aromatic carbocycles. The molecule has 0 radical (unpaired) electrons. The summed E-state index contributed by atoms with van der Waals surface area (Å²) < 4.78 is 18.8. The number of hydrogen-bond donors (Lipinski definition) is 1. The van der Waals surface area contributed by atoms with Crippen molar-refractivity contribution in [1.82, 2.24) is 4.98 Å². The largest absolute Gasteiger partial charge is 0.376 e. The molecule has 2 rings (SSSR count). The number of anilines is 1. The second-order valence-corrected chi connectivity index (χ2v) is 5.30. The zero-order valence-electron chi connectivity index (χ0n) is 10.6. The van der Waals surface area contributed by atoms with Crippen molar-refractivity contribution in [2.45, 2.75) is 19.6 Å². The summed E-state index contributed by atoms with van der Waals surface area (Å²) >= 11 is 7.46. The highest BCUT2D eigenvalue weighted by Crippen LogP contribution is 2.26. The van der Waals surface area contributed by atoms with Gasteiger partial charge in [0.25, 0.3) is 0 Å². The Bertz CT molecular complexity index is 541. The molecule has 0 fully saturated rings. The lowest BCUT2D eigenvalue weighted by Gasteiger charge is -2.08. The topological polar surface area (TPSA) is 34.1 Å². The second kappa shape index (κ2) is 6.32. The van der Waals surface area contributed by atoms with Crippen LogP contribution in [0, 0.1) is 5.82 Å². The molecule has 0 saturated carbocycles. The molecule has 1 heterocycles. The number of ether oxygens (including phenoxy) is 1. The lowest BCUT2D eigenvalue weighted by atomic mass is 10.3. The van der Waals surface area contributed by atoms with Gasteiger partial charge in [0.05, 0.1) is 22.9 Å². The van der Waals surface area contributed by atoms with Crippen LogP contribution in [-0.2, 0) is 11.3 Å². The van der Waals surface area contributed by atoms with Gasteiger partial charge in [-0.2, -0.15) is 0 Å². The average molecular weight is 301 g/mol. The smallest absolute Gasteiger partial charge is 0.147 e. The van der Waals surface area contributed by atoms with E-state index in [1.54, 1.807) is 19.2 Å². The fraction of sp³-hybridized carbons (Fsp3) is 0.308. The van der Waals surface area contributed by atoms with Crippen LogP contribution in [0.5, 0.6) is 0 Å². The molecule has 1 unspecified atom stereocenters. The van der Waals surface area contributed by atoms with Crippen LogP contribution in [0.3, 0.4) is 0 Å². The lowest BCUT2D eigenvalue weighted by Crippen LogP contribution is -2.03. The van der Waals surface area contributed by atoms with Gasteiger partial charge in [0.1, 0.15) is 16.9 Å². The Hall–Kier alpha value is -1.17. The molecule has 102 valence electrons. The molecule has 0 bridgehead atoms. The summed E-state index contributed by atoms with van der Waals surface area (Å²) in [5.74, 6) is -0.367. The maximum absolute atomic E-state index is 13.6. The van der Waals surface area contributed by atoms with Crippen LogP contribution >= 0.6 is 22.9 Å². The Morgan fingerprint density at radius 3 is 3.00 bits per heavy atom. The first-order valence-electron chi connectivity index (χ1n) is 5.76. The van der Waals surface area contributed by atoms with Crippen LogP contribution < -0.4 is 5.32 Å². The molecule has 1 atom stereocenters. The number of nitrogens with zero attached hydrogens (tertiary/aromatic N) is 1. The maximum atomic E-state index is 13.6. The quantitative estimate of drug-likeness (QED) is 0.896. The van der Waals surface area contributed by atoms with Crippen molar-refractivity contribution < 1.29 is 9.13 Å². The van der Waals surface area contributed by atoms with E-state index >= 15 is 0 Å². The molecule has 6 heteroatoms. The molecule has 1 aromatic heterocycles. The van der Waals surface area contributed by atoms with E-state index in [4.69, 9.17) is 16.3 Å². The minimum Gasteiger partial charge on any atom is -0.376 e. The highest BCUT2D eigenvalue weighted by molar-refractivity contribution is 7.09. The molecule has 1 N–H and O–H groups in total. The van der Waals surface area contributed by atoms with Gasteiger partial charge in [-0.3, -0.25) is 0 Å². The van der Waals surface area contributed by atoms with Crippen molar-refractivity contribution in [2.24, 2.45) is 0 Å². The molecule has 3 nitrogen and oxygen atoms in total. The van der Waals surface area contributed by atoms with E-state index in [9.17, 15) is 4.39 Å². The third kappa shape index (κ3) is 3.43. The predicted molar refractivity (Wildman–Crippen MR) is 76.3 cm³/mol. The molecule has 0 spiro atoms. The first kappa shape index (κ1) is 14.2. The summed E-state index contributed by atoms with van der Waals surface area (Å²) in [4.78, 5) is 4.42. The van der Waals surface area contributed by atoms with E-state index in [0.717, 1.165) is 10.7 Å². The van der Waals surface area contributed by atoms with Crippen molar-refractivity contribution in [3.8, 4) is 0 Å². The van der Waals surface area contributed by atoms with Gasteiger partial charge in [-0.15, -0.1) is 11.3 Å². The Labute approximate surface area is 120 Å². The van der Waals surface area contributed by atoms with E-state index in [2.05, 4.69) is 10.3 Å².